The van der Waals surface area contributed by atoms with Gasteiger partial charge in [0, 0.05) is 6.07 Å². The highest BCUT2D eigenvalue weighted by atomic mass is 19.1. The highest BCUT2D eigenvalue weighted by Crippen LogP contribution is 2.32. The Bertz CT molecular complexity index is 644. The summed E-state index contributed by atoms with van der Waals surface area (Å²) in [4.78, 5) is 21.9. The fraction of sp³-hybridized carbons (Fsp3) is 0.0769. The quantitative estimate of drug-likeness (QED) is 0.680. The molecule has 0 spiro atoms. The lowest BCUT2D eigenvalue weighted by molar-refractivity contribution is 0.0595. The Morgan fingerprint density at radius 3 is 2.74 bits per heavy atom. The number of phenols is 1. The highest BCUT2D eigenvalue weighted by Gasteiger charge is 2.18. The number of carbonyl (C=O) groups excluding carboxylic acids is 2. The Balaban J connectivity index is 2.56. The van der Waals surface area contributed by atoms with Gasteiger partial charge in [0.15, 0.2) is 12.0 Å². The van der Waals surface area contributed by atoms with E-state index >= 15 is 0 Å². The second kappa shape index (κ2) is 4.93. The van der Waals surface area contributed by atoms with E-state index in [1.807, 2.05) is 0 Å². The molecule has 0 radical (unpaired) electrons. The summed E-state index contributed by atoms with van der Waals surface area (Å²) in [5, 5.41) is 9.67. The number of methoxy groups -OCH3 is 1. The lowest BCUT2D eigenvalue weighted by Gasteiger charge is -2.06. The first-order valence-electron chi connectivity index (χ1n) is 5.23. The summed E-state index contributed by atoms with van der Waals surface area (Å²) < 4.78 is 23.0. The fourth-order valence-corrected chi connectivity index (χ4v) is 1.59. The molecule has 0 bridgehead atoms. The third-order valence-electron chi connectivity index (χ3n) is 2.50. The first-order chi connectivity index (χ1) is 9.06. The molecule has 19 heavy (non-hydrogen) atoms. The van der Waals surface area contributed by atoms with Crippen LogP contribution in [0.4, 0.5) is 4.39 Å². The number of aldehydes is 1. The molecule has 0 atom stereocenters. The van der Waals surface area contributed by atoms with Crippen LogP contribution >= 0.6 is 0 Å². The van der Waals surface area contributed by atoms with Crippen LogP contribution in [-0.2, 0) is 4.74 Å². The molecule has 1 aromatic heterocycles. The normalized spacial score (nSPS) is 10.2. The third-order valence-corrected chi connectivity index (χ3v) is 2.50. The molecule has 5 nitrogen and oxygen atoms in total. The number of esters is 1. The largest absolute Gasteiger partial charge is 0.507 e. The van der Waals surface area contributed by atoms with E-state index < -0.39 is 17.5 Å². The standard InChI is InChI=1S/C13H9FO5/c1-18-13(17)8-4-9(11(16)5-10(8)14)12-3-2-7(6-15)19-12/h2-6,16H,1H3. The minimum absolute atomic E-state index is 0.0540. The summed E-state index contributed by atoms with van der Waals surface area (Å²) >= 11 is 0. The average Bonchev–Trinajstić information content (AvgIpc) is 2.86. The molecule has 2 aromatic rings. The van der Waals surface area contributed by atoms with Gasteiger partial charge in [-0.1, -0.05) is 0 Å². The summed E-state index contributed by atoms with van der Waals surface area (Å²) in [5.74, 6) is -1.99. The van der Waals surface area contributed by atoms with E-state index in [0.717, 1.165) is 19.2 Å². The van der Waals surface area contributed by atoms with Crippen LogP contribution in [0.3, 0.4) is 0 Å². The van der Waals surface area contributed by atoms with Crippen LogP contribution in [-0.4, -0.2) is 24.5 Å². The Hall–Kier alpha value is -2.63. The van der Waals surface area contributed by atoms with Gasteiger partial charge in [-0.3, -0.25) is 4.79 Å². The molecule has 1 heterocycles. The van der Waals surface area contributed by atoms with E-state index in [0.29, 0.717) is 6.29 Å². The molecular weight excluding hydrogens is 255 g/mol. The van der Waals surface area contributed by atoms with Crippen molar-refractivity contribution in [3.05, 3.63) is 41.4 Å². The maximum atomic E-state index is 13.5. The smallest absolute Gasteiger partial charge is 0.340 e. The number of halogens is 1. The maximum absolute atomic E-state index is 13.5. The molecule has 0 saturated heterocycles. The van der Waals surface area contributed by atoms with E-state index in [2.05, 4.69) is 4.74 Å². The molecule has 0 saturated carbocycles. The fourth-order valence-electron chi connectivity index (χ4n) is 1.59. The number of hydrogen-bond donors (Lipinski definition) is 1. The van der Waals surface area contributed by atoms with Gasteiger partial charge in [-0.15, -0.1) is 0 Å². The molecule has 1 N–H and O–H groups in total. The van der Waals surface area contributed by atoms with Gasteiger partial charge in [0.05, 0.1) is 18.2 Å². The van der Waals surface area contributed by atoms with Gasteiger partial charge in [-0.2, -0.15) is 0 Å². The number of benzene rings is 1. The number of rotatable bonds is 3. The predicted molar refractivity (Wildman–Crippen MR) is 62.5 cm³/mol. The molecule has 6 heteroatoms. The van der Waals surface area contributed by atoms with Crippen molar-refractivity contribution in [1.82, 2.24) is 0 Å². The highest BCUT2D eigenvalue weighted by molar-refractivity contribution is 5.92. The SMILES string of the molecule is COC(=O)c1cc(-c2ccc(C=O)o2)c(O)cc1F. The molecule has 0 unspecified atom stereocenters. The minimum atomic E-state index is -0.907. The van der Waals surface area contributed by atoms with Crippen LogP contribution in [0.5, 0.6) is 5.75 Å². The van der Waals surface area contributed by atoms with Crippen molar-refractivity contribution in [2.75, 3.05) is 7.11 Å². The van der Waals surface area contributed by atoms with Crippen molar-refractivity contribution in [2.45, 2.75) is 0 Å². The van der Waals surface area contributed by atoms with Crippen LogP contribution in [0, 0.1) is 5.82 Å². The van der Waals surface area contributed by atoms with E-state index in [9.17, 15) is 19.1 Å². The monoisotopic (exact) mass is 264 g/mol. The van der Waals surface area contributed by atoms with Gasteiger partial charge in [0.2, 0.25) is 0 Å². The number of aromatic hydroxyl groups is 1. The van der Waals surface area contributed by atoms with E-state index in [4.69, 9.17) is 4.42 Å². The van der Waals surface area contributed by atoms with Crippen molar-refractivity contribution >= 4 is 12.3 Å². The van der Waals surface area contributed by atoms with Crippen molar-refractivity contribution in [1.29, 1.82) is 0 Å². The molecule has 2 rings (SSSR count). The summed E-state index contributed by atoms with van der Waals surface area (Å²) in [6, 6.07) is 4.70. The second-order valence-electron chi connectivity index (χ2n) is 3.66. The van der Waals surface area contributed by atoms with Gasteiger partial charge < -0.3 is 14.3 Å². The van der Waals surface area contributed by atoms with Gasteiger partial charge in [-0.25, -0.2) is 9.18 Å². The number of hydrogen-bond acceptors (Lipinski definition) is 5. The zero-order chi connectivity index (χ0) is 14.0. The topological polar surface area (TPSA) is 76.7 Å². The number of furan rings is 1. The summed E-state index contributed by atoms with van der Waals surface area (Å²) in [5.41, 5.74) is -0.241. The van der Waals surface area contributed by atoms with Crippen molar-refractivity contribution in [3.8, 4) is 17.1 Å². The molecule has 0 amide bonds. The molecule has 1 aromatic carbocycles. The van der Waals surface area contributed by atoms with E-state index in [1.54, 1.807) is 0 Å². The van der Waals surface area contributed by atoms with Gasteiger partial charge in [-0.05, 0) is 18.2 Å². The zero-order valence-electron chi connectivity index (χ0n) is 9.84. The Morgan fingerprint density at radius 1 is 1.42 bits per heavy atom. The van der Waals surface area contributed by atoms with Crippen LogP contribution in [0.15, 0.2) is 28.7 Å². The number of ether oxygens (including phenoxy) is 1. The minimum Gasteiger partial charge on any atom is -0.507 e. The van der Waals surface area contributed by atoms with Crippen LogP contribution < -0.4 is 0 Å². The lowest BCUT2D eigenvalue weighted by atomic mass is 10.1. The summed E-state index contributed by atoms with van der Waals surface area (Å²) in [6.45, 7) is 0. The summed E-state index contributed by atoms with van der Waals surface area (Å²) in [7, 11) is 1.12. The number of phenolic OH excluding ortho intramolecular Hbond substituents is 1. The van der Waals surface area contributed by atoms with E-state index in [1.165, 1.54) is 12.1 Å². The first-order valence-corrected chi connectivity index (χ1v) is 5.23. The Kier molecular flexibility index (Phi) is 3.33. The average molecular weight is 264 g/mol. The molecule has 98 valence electrons. The second-order valence-corrected chi connectivity index (χ2v) is 3.66. The van der Waals surface area contributed by atoms with Crippen LogP contribution in [0.25, 0.3) is 11.3 Å². The molecular formula is C13H9FO5. The van der Waals surface area contributed by atoms with Crippen molar-refractivity contribution < 1.29 is 28.2 Å². The van der Waals surface area contributed by atoms with Gasteiger partial charge in [0.25, 0.3) is 0 Å². The number of carbonyl (C=O) groups is 2. The van der Waals surface area contributed by atoms with Gasteiger partial charge in [0.1, 0.15) is 17.3 Å². The molecule has 0 aliphatic heterocycles. The van der Waals surface area contributed by atoms with Crippen LogP contribution in [0.2, 0.25) is 0 Å². The van der Waals surface area contributed by atoms with Crippen molar-refractivity contribution in [3.63, 3.8) is 0 Å². The first kappa shape index (κ1) is 12.8. The van der Waals surface area contributed by atoms with Crippen LogP contribution in [0.1, 0.15) is 20.9 Å². The third kappa shape index (κ3) is 2.33. The zero-order valence-corrected chi connectivity index (χ0v) is 9.84. The predicted octanol–water partition coefficient (Wildman–Crippen LogP) is 2.39. The molecule has 0 aliphatic carbocycles. The van der Waals surface area contributed by atoms with Gasteiger partial charge >= 0.3 is 5.97 Å². The molecule has 0 fully saturated rings. The summed E-state index contributed by atoms with van der Waals surface area (Å²) in [6.07, 6.45) is 0.491. The lowest BCUT2D eigenvalue weighted by Crippen LogP contribution is -2.04. The molecule has 0 aliphatic rings. The Morgan fingerprint density at radius 2 is 2.16 bits per heavy atom. The maximum Gasteiger partial charge on any atom is 0.340 e. The van der Waals surface area contributed by atoms with Crippen molar-refractivity contribution in [2.24, 2.45) is 0 Å². The Labute approximate surface area is 107 Å². The van der Waals surface area contributed by atoms with E-state index in [-0.39, 0.29) is 22.6 Å².